The number of rotatable bonds is 5. The molecule has 1 aliphatic heterocycles. The lowest BCUT2D eigenvalue weighted by Crippen LogP contribution is -2.22. The SMILES string of the molecule is c1ccc(-c2ccccc2O[C@H](c2ncco2)[C@@H]2CCNC2)cc1. The lowest BCUT2D eigenvalue weighted by molar-refractivity contribution is 0.115. The molecule has 1 fully saturated rings. The number of hydrogen-bond donors (Lipinski definition) is 1. The molecule has 0 radical (unpaired) electrons. The van der Waals surface area contributed by atoms with E-state index in [1.165, 1.54) is 0 Å². The highest BCUT2D eigenvalue weighted by atomic mass is 16.5. The monoisotopic (exact) mass is 320 g/mol. The molecule has 122 valence electrons. The Bertz CT molecular complexity index is 765. The van der Waals surface area contributed by atoms with Gasteiger partial charge in [0.1, 0.15) is 12.0 Å². The quantitative estimate of drug-likeness (QED) is 0.770. The van der Waals surface area contributed by atoms with Crippen LogP contribution in [0.5, 0.6) is 5.75 Å². The van der Waals surface area contributed by atoms with E-state index in [1.807, 2.05) is 36.4 Å². The summed E-state index contributed by atoms with van der Waals surface area (Å²) >= 11 is 0. The third kappa shape index (κ3) is 3.05. The molecule has 1 N–H and O–H groups in total. The van der Waals surface area contributed by atoms with Gasteiger partial charge in [-0.3, -0.25) is 0 Å². The van der Waals surface area contributed by atoms with Crippen molar-refractivity contribution in [3.05, 3.63) is 72.9 Å². The summed E-state index contributed by atoms with van der Waals surface area (Å²) in [5.74, 6) is 1.86. The summed E-state index contributed by atoms with van der Waals surface area (Å²) in [6.45, 7) is 1.92. The smallest absolute Gasteiger partial charge is 0.235 e. The van der Waals surface area contributed by atoms with E-state index in [4.69, 9.17) is 9.15 Å². The summed E-state index contributed by atoms with van der Waals surface area (Å²) in [6.07, 6.45) is 4.16. The predicted molar refractivity (Wildman–Crippen MR) is 92.7 cm³/mol. The molecular formula is C20H20N2O2. The van der Waals surface area contributed by atoms with Gasteiger partial charge in [0.2, 0.25) is 5.89 Å². The van der Waals surface area contributed by atoms with E-state index in [0.717, 1.165) is 36.4 Å². The zero-order chi connectivity index (χ0) is 16.2. The van der Waals surface area contributed by atoms with E-state index in [1.54, 1.807) is 12.5 Å². The largest absolute Gasteiger partial charge is 0.480 e. The van der Waals surface area contributed by atoms with Crippen molar-refractivity contribution in [2.75, 3.05) is 13.1 Å². The summed E-state index contributed by atoms with van der Waals surface area (Å²) in [5.41, 5.74) is 2.23. The van der Waals surface area contributed by atoms with Crippen LogP contribution in [-0.2, 0) is 0 Å². The van der Waals surface area contributed by atoms with E-state index < -0.39 is 0 Å². The van der Waals surface area contributed by atoms with E-state index in [0.29, 0.717) is 11.8 Å². The molecule has 1 aliphatic rings. The van der Waals surface area contributed by atoms with E-state index >= 15 is 0 Å². The number of oxazole rings is 1. The second-order valence-corrected chi connectivity index (χ2v) is 6.02. The van der Waals surface area contributed by atoms with Gasteiger partial charge in [0.25, 0.3) is 0 Å². The number of hydrogen-bond acceptors (Lipinski definition) is 4. The fraction of sp³-hybridized carbons (Fsp3) is 0.250. The second kappa shape index (κ2) is 6.89. The molecule has 24 heavy (non-hydrogen) atoms. The fourth-order valence-electron chi connectivity index (χ4n) is 3.22. The molecule has 0 aliphatic carbocycles. The van der Waals surface area contributed by atoms with Crippen molar-refractivity contribution < 1.29 is 9.15 Å². The molecule has 0 unspecified atom stereocenters. The molecule has 2 atom stereocenters. The molecule has 4 rings (SSSR count). The van der Waals surface area contributed by atoms with E-state index in [9.17, 15) is 0 Å². The second-order valence-electron chi connectivity index (χ2n) is 6.02. The van der Waals surface area contributed by atoms with Crippen molar-refractivity contribution in [1.82, 2.24) is 10.3 Å². The maximum atomic E-state index is 6.43. The van der Waals surface area contributed by atoms with Gasteiger partial charge >= 0.3 is 0 Å². The van der Waals surface area contributed by atoms with Gasteiger partial charge in [-0.1, -0.05) is 48.5 Å². The van der Waals surface area contributed by atoms with Crippen molar-refractivity contribution in [2.24, 2.45) is 5.92 Å². The first-order valence-electron chi connectivity index (χ1n) is 8.33. The van der Waals surface area contributed by atoms with Crippen molar-refractivity contribution >= 4 is 0 Å². The van der Waals surface area contributed by atoms with Crippen molar-refractivity contribution in [3.8, 4) is 16.9 Å². The zero-order valence-corrected chi connectivity index (χ0v) is 13.4. The summed E-state index contributed by atoms with van der Waals surface area (Å²) in [5, 5.41) is 3.40. The third-order valence-electron chi connectivity index (χ3n) is 4.45. The van der Waals surface area contributed by atoms with Gasteiger partial charge in [0.05, 0.1) is 6.20 Å². The Morgan fingerprint density at radius 1 is 1.08 bits per heavy atom. The Kier molecular flexibility index (Phi) is 4.30. The molecular weight excluding hydrogens is 300 g/mol. The summed E-state index contributed by atoms with van der Waals surface area (Å²) in [6, 6.07) is 18.4. The van der Waals surface area contributed by atoms with Crippen molar-refractivity contribution in [2.45, 2.75) is 12.5 Å². The molecule has 0 spiro atoms. The number of nitrogens with one attached hydrogen (secondary N) is 1. The third-order valence-corrected chi connectivity index (χ3v) is 4.45. The number of benzene rings is 2. The fourth-order valence-corrected chi connectivity index (χ4v) is 3.22. The molecule has 2 aromatic carbocycles. The number of aromatic nitrogens is 1. The lowest BCUT2D eigenvalue weighted by atomic mass is 10.0. The van der Waals surface area contributed by atoms with Gasteiger partial charge in [-0.15, -0.1) is 0 Å². The predicted octanol–water partition coefficient (Wildman–Crippen LogP) is 4.07. The van der Waals surface area contributed by atoms with Gasteiger partial charge < -0.3 is 14.5 Å². The number of para-hydroxylation sites is 1. The molecule has 3 aromatic rings. The minimum Gasteiger partial charge on any atom is -0.480 e. The Balaban J connectivity index is 1.68. The maximum absolute atomic E-state index is 6.43. The van der Waals surface area contributed by atoms with Gasteiger partial charge in [-0.2, -0.15) is 0 Å². The van der Waals surface area contributed by atoms with E-state index in [2.05, 4.69) is 28.5 Å². The minimum absolute atomic E-state index is 0.181. The number of ether oxygens (including phenoxy) is 1. The summed E-state index contributed by atoms with van der Waals surface area (Å²) in [4.78, 5) is 4.34. The maximum Gasteiger partial charge on any atom is 0.235 e. The highest BCUT2D eigenvalue weighted by molar-refractivity contribution is 5.70. The Morgan fingerprint density at radius 2 is 1.92 bits per heavy atom. The summed E-state index contributed by atoms with van der Waals surface area (Å²) in [7, 11) is 0. The number of nitrogens with zero attached hydrogens (tertiary/aromatic N) is 1. The molecule has 4 heteroatoms. The average Bonchev–Trinajstić information content (AvgIpc) is 3.35. The van der Waals surface area contributed by atoms with Crippen LogP contribution in [0.1, 0.15) is 18.4 Å². The van der Waals surface area contributed by atoms with Crippen LogP contribution < -0.4 is 10.1 Å². The zero-order valence-electron chi connectivity index (χ0n) is 13.4. The molecule has 0 amide bonds. The normalized spacial score (nSPS) is 18.4. The minimum atomic E-state index is -0.181. The van der Waals surface area contributed by atoms with Gasteiger partial charge in [-0.05, 0) is 24.6 Å². The van der Waals surface area contributed by atoms with Crippen LogP contribution in [0.4, 0.5) is 0 Å². The first-order valence-corrected chi connectivity index (χ1v) is 8.33. The van der Waals surface area contributed by atoms with Gasteiger partial charge in [0, 0.05) is 18.0 Å². The van der Waals surface area contributed by atoms with E-state index in [-0.39, 0.29) is 6.10 Å². The Hall–Kier alpha value is -2.59. The van der Waals surface area contributed by atoms with Crippen LogP contribution in [0.3, 0.4) is 0 Å². The van der Waals surface area contributed by atoms with Crippen LogP contribution in [0, 0.1) is 5.92 Å². The molecule has 2 heterocycles. The average molecular weight is 320 g/mol. The van der Waals surface area contributed by atoms with Crippen LogP contribution >= 0.6 is 0 Å². The standard InChI is InChI=1S/C20H20N2O2/c1-2-6-15(7-3-1)17-8-4-5-9-18(17)24-19(16-10-11-21-14-16)20-22-12-13-23-20/h1-9,12-13,16,19,21H,10-11,14H2/t16-,19+/m1/s1. The molecule has 4 nitrogen and oxygen atoms in total. The molecule has 0 bridgehead atoms. The van der Waals surface area contributed by atoms with Crippen LogP contribution in [0.25, 0.3) is 11.1 Å². The molecule has 1 aromatic heterocycles. The first-order chi connectivity index (χ1) is 11.9. The lowest BCUT2D eigenvalue weighted by Gasteiger charge is -2.23. The first kappa shape index (κ1) is 15.0. The highest BCUT2D eigenvalue weighted by Crippen LogP contribution is 2.36. The van der Waals surface area contributed by atoms with Crippen LogP contribution in [0.2, 0.25) is 0 Å². The molecule has 1 saturated heterocycles. The molecule has 0 saturated carbocycles. The Morgan fingerprint density at radius 3 is 2.67 bits per heavy atom. The van der Waals surface area contributed by atoms with Crippen LogP contribution in [-0.4, -0.2) is 18.1 Å². The van der Waals surface area contributed by atoms with Gasteiger partial charge in [-0.25, -0.2) is 4.98 Å². The Labute approximate surface area is 141 Å². The highest BCUT2D eigenvalue weighted by Gasteiger charge is 2.31. The topological polar surface area (TPSA) is 47.3 Å². The van der Waals surface area contributed by atoms with Crippen molar-refractivity contribution in [1.29, 1.82) is 0 Å². The summed E-state index contributed by atoms with van der Waals surface area (Å²) < 4.78 is 12.0. The van der Waals surface area contributed by atoms with Crippen molar-refractivity contribution in [3.63, 3.8) is 0 Å². The van der Waals surface area contributed by atoms with Gasteiger partial charge in [0.15, 0.2) is 6.10 Å². The van der Waals surface area contributed by atoms with Crippen LogP contribution in [0.15, 0.2) is 71.5 Å².